The van der Waals surface area contributed by atoms with Crippen molar-refractivity contribution in [2.24, 2.45) is 0 Å². The summed E-state index contributed by atoms with van der Waals surface area (Å²) >= 11 is 0. The highest BCUT2D eigenvalue weighted by Crippen LogP contribution is 2.19. The minimum Gasteiger partial charge on any atom is -0.492 e. The van der Waals surface area contributed by atoms with Crippen LogP contribution in [0.1, 0.15) is 0 Å². The molecule has 27 heavy (non-hydrogen) atoms. The Morgan fingerprint density at radius 3 is 1.59 bits per heavy atom. The highest BCUT2D eigenvalue weighted by atomic mass is 28.5. The maximum Gasteiger partial charge on any atom is 0.462 e. The van der Waals surface area contributed by atoms with E-state index in [0.29, 0.717) is 0 Å². The molecule has 0 amide bonds. The monoisotopic (exact) mass is 398 g/mol. The van der Waals surface area contributed by atoms with Gasteiger partial charge in [0.1, 0.15) is 0 Å². The van der Waals surface area contributed by atoms with Crippen LogP contribution in [0, 0.1) is 0 Å². The summed E-state index contributed by atoms with van der Waals surface area (Å²) in [6.07, 6.45) is 2.18. The molecule has 2 rings (SSSR count). The third-order valence-electron chi connectivity index (χ3n) is 3.62. The number of hydrogen-bond donors (Lipinski definition) is 0. The van der Waals surface area contributed by atoms with Gasteiger partial charge in [-0.2, -0.15) is 0 Å². The number of rotatable bonds is 8. The molecule has 2 aromatic rings. The number of carbonyl (C=O) groups excluding carboxylic acids is 2. The van der Waals surface area contributed by atoms with Crippen molar-refractivity contribution in [3.63, 3.8) is 0 Å². The Labute approximate surface area is 161 Å². The van der Waals surface area contributed by atoms with Gasteiger partial charge in [-0.3, -0.25) is 0 Å². The van der Waals surface area contributed by atoms with Crippen molar-refractivity contribution >= 4 is 39.4 Å². The van der Waals surface area contributed by atoms with Gasteiger partial charge < -0.3 is 13.0 Å². The van der Waals surface area contributed by atoms with Gasteiger partial charge in [-0.05, 0) is 13.1 Å². The summed E-state index contributed by atoms with van der Waals surface area (Å²) in [6.45, 7) is 10.4. The van der Waals surface area contributed by atoms with Gasteiger partial charge in [0.15, 0.2) is 0 Å². The summed E-state index contributed by atoms with van der Waals surface area (Å²) in [5.74, 6) is -1.18. The highest BCUT2D eigenvalue weighted by Gasteiger charge is 2.51. The molecule has 0 aliphatic heterocycles. The normalized spacial score (nSPS) is 11.3. The largest absolute Gasteiger partial charge is 0.492 e. The molecular weight excluding hydrogens is 376 g/mol. The first kappa shape index (κ1) is 20.6. The Kier molecular flexibility index (Phi) is 6.67. The quantitative estimate of drug-likeness (QED) is 0.505. The lowest BCUT2D eigenvalue weighted by atomic mass is 10.4. The van der Waals surface area contributed by atoms with Crippen molar-refractivity contribution in [2.45, 2.75) is 13.1 Å². The lowest BCUT2D eigenvalue weighted by molar-refractivity contribution is -0.130. The van der Waals surface area contributed by atoms with Crippen LogP contribution in [0.3, 0.4) is 0 Å². The van der Waals surface area contributed by atoms with Crippen LogP contribution in [-0.4, -0.2) is 29.1 Å². The molecule has 0 aromatic heterocycles. The molecule has 140 valence electrons. The SMILES string of the molecule is C=CC(=O)O[Si](C)(C)O[Si](OC(=O)C=C)(c1ccccc1)c1ccccc1. The molecular formula is C20H22O5Si2. The van der Waals surface area contributed by atoms with Gasteiger partial charge in [-0.1, -0.05) is 73.8 Å². The zero-order chi connectivity index (χ0) is 19.9. The molecule has 0 aliphatic rings. The van der Waals surface area contributed by atoms with Crippen molar-refractivity contribution in [1.82, 2.24) is 0 Å². The van der Waals surface area contributed by atoms with Crippen LogP contribution in [0.15, 0.2) is 86.0 Å². The molecule has 0 spiro atoms. The maximum atomic E-state index is 12.2. The Hall–Kier alpha value is -2.75. The van der Waals surface area contributed by atoms with Crippen molar-refractivity contribution in [1.29, 1.82) is 0 Å². The predicted molar refractivity (Wildman–Crippen MR) is 109 cm³/mol. The van der Waals surface area contributed by atoms with Crippen molar-refractivity contribution in [3.8, 4) is 0 Å². The van der Waals surface area contributed by atoms with Gasteiger partial charge in [-0.25, -0.2) is 9.59 Å². The minimum absolute atomic E-state index is 0.578. The molecule has 0 atom stereocenters. The van der Waals surface area contributed by atoms with E-state index in [2.05, 4.69) is 13.2 Å². The summed E-state index contributed by atoms with van der Waals surface area (Å²) in [7, 11) is -6.56. The first-order valence-electron chi connectivity index (χ1n) is 8.35. The molecule has 0 aliphatic carbocycles. The molecule has 0 unspecified atom stereocenters. The van der Waals surface area contributed by atoms with Crippen molar-refractivity contribution < 1.29 is 22.6 Å². The smallest absolute Gasteiger partial charge is 0.462 e. The van der Waals surface area contributed by atoms with E-state index < -0.39 is 29.1 Å². The van der Waals surface area contributed by atoms with E-state index in [1.165, 1.54) is 0 Å². The van der Waals surface area contributed by atoms with Crippen LogP contribution in [0.25, 0.3) is 0 Å². The number of carbonyl (C=O) groups is 2. The molecule has 0 bridgehead atoms. The standard InChI is InChI=1S/C20H22O5Si2/c1-5-19(21)23-26(3,4)25-27(24-20(22)6-2,17-13-9-7-10-14-17)18-15-11-8-12-16-18/h5-16H,1-2H2,3-4H3. The van der Waals surface area contributed by atoms with Gasteiger partial charge in [0.2, 0.25) is 0 Å². The topological polar surface area (TPSA) is 61.8 Å². The summed E-state index contributed by atoms with van der Waals surface area (Å²) in [5, 5.41) is 1.45. The maximum absolute atomic E-state index is 12.2. The van der Waals surface area contributed by atoms with Crippen molar-refractivity contribution in [2.75, 3.05) is 0 Å². The van der Waals surface area contributed by atoms with Crippen LogP contribution in [0.5, 0.6) is 0 Å². The van der Waals surface area contributed by atoms with Gasteiger partial charge in [0.05, 0.1) is 0 Å². The Morgan fingerprint density at radius 2 is 1.19 bits per heavy atom. The zero-order valence-electron chi connectivity index (χ0n) is 15.4. The van der Waals surface area contributed by atoms with E-state index in [-0.39, 0.29) is 0 Å². The Balaban J connectivity index is 2.64. The van der Waals surface area contributed by atoms with E-state index in [0.717, 1.165) is 22.5 Å². The van der Waals surface area contributed by atoms with E-state index in [4.69, 9.17) is 13.0 Å². The number of benzene rings is 2. The fourth-order valence-corrected chi connectivity index (χ4v) is 9.38. The minimum atomic E-state index is -3.52. The predicted octanol–water partition coefficient (Wildman–Crippen LogP) is 2.42. The molecule has 7 heteroatoms. The van der Waals surface area contributed by atoms with E-state index in [9.17, 15) is 9.59 Å². The molecule has 0 heterocycles. The van der Waals surface area contributed by atoms with Gasteiger partial charge in [0, 0.05) is 22.5 Å². The molecule has 0 radical (unpaired) electrons. The molecule has 0 saturated heterocycles. The summed E-state index contributed by atoms with van der Waals surface area (Å²) in [6, 6.07) is 18.5. The lowest BCUT2D eigenvalue weighted by Crippen LogP contribution is -2.68. The fourth-order valence-electron chi connectivity index (χ4n) is 2.57. The van der Waals surface area contributed by atoms with E-state index in [1.54, 1.807) is 13.1 Å². The number of hydrogen-bond acceptors (Lipinski definition) is 5. The molecule has 2 aromatic carbocycles. The second kappa shape index (κ2) is 8.76. The zero-order valence-corrected chi connectivity index (χ0v) is 17.4. The molecule has 0 N–H and O–H groups in total. The average Bonchev–Trinajstić information content (AvgIpc) is 2.68. The van der Waals surface area contributed by atoms with Crippen molar-refractivity contribution in [3.05, 3.63) is 86.0 Å². The molecule has 5 nitrogen and oxygen atoms in total. The Morgan fingerprint density at radius 1 is 0.778 bits per heavy atom. The summed E-state index contributed by atoms with van der Waals surface area (Å²) in [5.41, 5.74) is 0. The van der Waals surface area contributed by atoms with Crippen LogP contribution in [0.4, 0.5) is 0 Å². The molecule has 0 saturated carbocycles. The first-order valence-corrected chi connectivity index (χ1v) is 13.0. The second-order valence-electron chi connectivity index (χ2n) is 6.10. The van der Waals surface area contributed by atoms with Gasteiger partial charge in [-0.15, -0.1) is 0 Å². The van der Waals surface area contributed by atoms with E-state index >= 15 is 0 Å². The van der Waals surface area contributed by atoms with E-state index in [1.807, 2.05) is 60.7 Å². The average molecular weight is 399 g/mol. The Bertz CT molecular complexity index is 779. The van der Waals surface area contributed by atoms with Crippen LogP contribution < -0.4 is 10.4 Å². The third kappa shape index (κ3) is 5.13. The van der Waals surface area contributed by atoms with Gasteiger partial charge >= 0.3 is 29.1 Å². The fraction of sp³-hybridized carbons (Fsp3) is 0.100. The van der Waals surface area contributed by atoms with Gasteiger partial charge in [0.25, 0.3) is 0 Å². The van der Waals surface area contributed by atoms with Crippen LogP contribution in [0.2, 0.25) is 13.1 Å². The van der Waals surface area contributed by atoms with Crippen LogP contribution in [-0.2, 0) is 22.6 Å². The lowest BCUT2D eigenvalue weighted by Gasteiger charge is -2.36. The molecule has 0 fully saturated rings. The third-order valence-corrected chi connectivity index (χ3v) is 10.1. The summed E-state index contributed by atoms with van der Waals surface area (Å²) < 4.78 is 17.8. The summed E-state index contributed by atoms with van der Waals surface area (Å²) in [4.78, 5) is 24.0. The van der Waals surface area contributed by atoms with Crippen LogP contribution >= 0.6 is 0 Å². The first-order chi connectivity index (χ1) is 12.8. The highest BCUT2D eigenvalue weighted by molar-refractivity contribution is 6.98. The second-order valence-corrected chi connectivity index (χ2v) is 12.5.